The van der Waals surface area contributed by atoms with E-state index in [0.29, 0.717) is 135 Å². The Morgan fingerprint density at radius 1 is 0.671 bits per heavy atom. The highest BCUT2D eigenvalue weighted by Gasteiger charge is 2.54. The molecule has 0 aromatic heterocycles. The third kappa shape index (κ3) is 10.1. The molecule has 394 valence electrons. The van der Waals surface area contributed by atoms with E-state index in [1.54, 1.807) is 72.8 Å². The minimum absolute atomic E-state index is 0.0347. The van der Waals surface area contributed by atoms with Crippen LogP contribution in [0, 0.1) is 6.92 Å². The second kappa shape index (κ2) is 22.0. The van der Waals surface area contributed by atoms with E-state index in [-0.39, 0.29) is 43.3 Å². The van der Waals surface area contributed by atoms with E-state index >= 15 is 0 Å². The van der Waals surface area contributed by atoms with Crippen LogP contribution < -0.4 is 43.8 Å². The molecule has 6 aromatic carbocycles. The third-order valence-corrected chi connectivity index (χ3v) is 13.4. The summed E-state index contributed by atoms with van der Waals surface area (Å²) in [7, 11) is 4.55. The zero-order valence-electron chi connectivity index (χ0n) is 42.0. The molecule has 0 bridgehead atoms. The Labute approximate surface area is 442 Å². The van der Waals surface area contributed by atoms with E-state index in [4.69, 9.17) is 69.1 Å². The zero-order chi connectivity index (χ0) is 53.0. The molecule has 0 fully saturated rings. The van der Waals surface area contributed by atoms with Gasteiger partial charge in [-0.1, -0.05) is 24.3 Å². The predicted octanol–water partition coefficient (Wildman–Crippen LogP) is 7.84. The van der Waals surface area contributed by atoms with Gasteiger partial charge in [0.15, 0.2) is 33.7 Å². The molecule has 19 heteroatoms. The van der Waals surface area contributed by atoms with Gasteiger partial charge in [-0.3, -0.25) is 0 Å². The summed E-state index contributed by atoms with van der Waals surface area (Å²) >= 11 is 5.54. The van der Waals surface area contributed by atoms with Crippen LogP contribution in [-0.4, -0.2) is 108 Å². The Hall–Kier alpha value is -8.07. The summed E-state index contributed by atoms with van der Waals surface area (Å²) in [4.78, 5) is 27.3. The van der Waals surface area contributed by atoms with Crippen LogP contribution in [0.1, 0.15) is 49.3 Å². The largest absolute Gasteiger partial charge is 0.508 e. The minimum atomic E-state index is -2.13. The van der Waals surface area contributed by atoms with E-state index in [2.05, 4.69) is 10.6 Å². The van der Waals surface area contributed by atoms with Gasteiger partial charge in [0.1, 0.15) is 29.6 Å². The molecule has 4 N–H and O–H groups in total. The first-order chi connectivity index (χ1) is 36.9. The van der Waals surface area contributed by atoms with Crippen molar-refractivity contribution >= 4 is 40.5 Å². The summed E-state index contributed by atoms with van der Waals surface area (Å²) < 4.78 is 69.4. The average molecular weight is 1060 g/mol. The number of anilines is 1. The molecule has 4 aliphatic rings. The van der Waals surface area contributed by atoms with Crippen molar-refractivity contribution in [2.24, 2.45) is 0 Å². The highest BCUT2D eigenvalue weighted by atomic mass is 32.1. The second-order valence-electron chi connectivity index (χ2n) is 17.9. The lowest BCUT2D eigenvalue weighted by molar-refractivity contribution is -0.185. The van der Waals surface area contributed by atoms with Crippen LogP contribution in [0.2, 0.25) is 0 Å². The van der Waals surface area contributed by atoms with Crippen molar-refractivity contribution in [3.63, 3.8) is 0 Å². The maximum Gasteiger partial charge on any atom is 0.342 e. The fourth-order valence-electron chi connectivity index (χ4n) is 9.61. The number of aromatic hydroxyl groups is 1. The second-order valence-corrected chi connectivity index (χ2v) is 18.3. The number of fused-ring (bicyclic) bond motifs is 7. The van der Waals surface area contributed by atoms with Gasteiger partial charge >= 0.3 is 11.9 Å². The van der Waals surface area contributed by atoms with Gasteiger partial charge in [-0.2, -0.15) is 0 Å². The van der Waals surface area contributed by atoms with Gasteiger partial charge in [-0.15, -0.1) is 0 Å². The summed E-state index contributed by atoms with van der Waals surface area (Å²) in [5.74, 6) is 0.305. The maximum atomic E-state index is 13.7. The van der Waals surface area contributed by atoms with E-state index in [0.717, 1.165) is 5.56 Å². The number of aliphatic hydroxyl groups is 1. The third-order valence-electron chi connectivity index (χ3n) is 13.1. The van der Waals surface area contributed by atoms with Gasteiger partial charge in [0.05, 0.1) is 72.1 Å². The maximum absolute atomic E-state index is 13.7. The van der Waals surface area contributed by atoms with Crippen molar-refractivity contribution in [3.05, 3.63) is 159 Å². The average Bonchev–Trinajstić information content (AvgIpc) is 4.08. The molecular formula is C57H54N2O16S. The molecule has 1 spiro atoms. The van der Waals surface area contributed by atoms with Crippen molar-refractivity contribution in [2.45, 2.75) is 24.7 Å². The fraction of sp³-hybridized carbons (Fsp3) is 0.281. The van der Waals surface area contributed by atoms with E-state index in [1.165, 1.54) is 27.4 Å². The van der Waals surface area contributed by atoms with Crippen molar-refractivity contribution < 1.29 is 76.6 Å². The first-order valence-electron chi connectivity index (χ1n) is 24.3. The monoisotopic (exact) mass is 1050 g/mol. The summed E-state index contributed by atoms with van der Waals surface area (Å²) in [5.41, 5.74) is 4.56. The van der Waals surface area contributed by atoms with Crippen molar-refractivity contribution in [1.29, 1.82) is 0 Å². The molecule has 0 saturated heterocycles. The highest BCUT2D eigenvalue weighted by molar-refractivity contribution is 7.80. The van der Waals surface area contributed by atoms with Crippen LogP contribution in [-0.2, 0) is 46.3 Å². The lowest BCUT2D eigenvalue weighted by Crippen LogP contribution is -2.33. The molecule has 76 heavy (non-hydrogen) atoms. The summed E-state index contributed by atoms with van der Waals surface area (Å²) in [6, 6.07) is 31.2. The van der Waals surface area contributed by atoms with Crippen LogP contribution >= 0.6 is 12.2 Å². The number of phenolic OH excluding ortho intramolecular Hbond substituents is 1. The van der Waals surface area contributed by atoms with E-state index in [9.17, 15) is 19.8 Å². The standard InChI is InChI=1S/C57H54N2O16S/c1-33-5-13-42-46(25-33)73-47-31-38(60)10-15-43(47)56(42)41-14-9-37(30-40(41)53(61)74-56)59-55(76)58-17-18-67-19-20-68-21-22-69-23-24-70-50-28-34(27-49(65-3)52(50)66-4)26-44-51(35-6-16-45-48(29-35)72-32-71-45)54(62)75-57(44,63)36-7-11-39(64-2)12-8-36/h5-16,25,27-31,60,63H,17-24,26,32H2,1-4H3,(H2,58,59,76). The van der Waals surface area contributed by atoms with E-state index < -0.39 is 23.3 Å². The number of aryl methyl sites for hydroxylation is 1. The first-order valence-corrected chi connectivity index (χ1v) is 24.7. The number of carbonyl (C=O) groups is 2. The van der Waals surface area contributed by atoms with Gasteiger partial charge in [0.25, 0.3) is 5.79 Å². The number of methoxy groups -OCH3 is 3. The molecule has 4 heterocycles. The van der Waals surface area contributed by atoms with Gasteiger partial charge in [-0.25, -0.2) is 9.59 Å². The number of phenols is 1. The quantitative estimate of drug-likeness (QED) is 0.0307. The number of hydrogen-bond acceptors (Lipinski definition) is 17. The molecule has 0 amide bonds. The van der Waals surface area contributed by atoms with Crippen LogP contribution in [0.15, 0.2) is 115 Å². The molecule has 4 aliphatic heterocycles. The van der Waals surface area contributed by atoms with Crippen molar-refractivity contribution in [3.8, 4) is 51.7 Å². The Morgan fingerprint density at radius 2 is 1.37 bits per heavy atom. The number of hydrogen-bond donors (Lipinski definition) is 4. The van der Waals surface area contributed by atoms with Gasteiger partial charge in [0, 0.05) is 52.5 Å². The number of ether oxygens (including phenoxy) is 12. The number of carbonyl (C=O) groups excluding carboxylic acids is 2. The fourth-order valence-corrected chi connectivity index (χ4v) is 9.83. The highest BCUT2D eigenvalue weighted by Crippen LogP contribution is 2.57. The number of benzene rings is 6. The molecule has 10 rings (SSSR count). The predicted molar refractivity (Wildman–Crippen MR) is 279 cm³/mol. The van der Waals surface area contributed by atoms with Crippen LogP contribution in [0.5, 0.6) is 51.7 Å². The SMILES string of the molecule is COc1ccc(C2(O)OC(=O)C(c3ccc4c(c3)OCO4)=C2Cc2cc(OC)c(OC)c(OCCOCCOCCOCCNC(=S)Nc3ccc4c(c3)C(=O)OC43c4ccc(C)cc4Oc4cc(O)ccc43)c2)cc1. The Kier molecular flexibility index (Phi) is 14.9. The Balaban J connectivity index is 0.673. The molecule has 2 unspecified atom stereocenters. The Bertz CT molecular complexity index is 3180. The van der Waals surface area contributed by atoms with Gasteiger partial charge in [-0.05, 0) is 115 Å². The smallest absolute Gasteiger partial charge is 0.342 e. The number of cyclic esters (lactones) is 1. The molecule has 0 saturated carbocycles. The molecule has 2 atom stereocenters. The lowest BCUT2D eigenvalue weighted by Gasteiger charge is -2.36. The Morgan fingerprint density at radius 3 is 2.12 bits per heavy atom. The molecule has 6 aromatic rings. The number of thiocarbonyl (C=S) groups is 1. The lowest BCUT2D eigenvalue weighted by atomic mass is 9.77. The summed E-state index contributed by atoms with van der Waals surface area (Å²) in [5, 5.41) is 29.1. The van der Waals surface area contributed by atoms with Crippen molar-refractivity contribution in [1.82, 2.24) is 5.32 Å². The molecular weight excluding hydrogens is 1000 g/mol. The van der Waals surface area contributed by atoms with Gasteiger partial charge in [0.2, 0.25) is 12.5 Å². The topological polar surface area (TPSA) is 209 Å². The normalized spacial score (nSPS) is 17.5. The van der Waals surface area contributed by atoms with E-state index in [1.807, 2.05) is 37.3 Å². The molecule has 18 nitrogen and oxygen atoms in total. The molecule has 0 aliphatic carbocycles. The van der Waals surface area contributed by atoms with Crippen LogP contribution in [0.4, 0.5) is 5.69 Å². The molecule has 0 radical (unpaired) electrons. The van der Waals surface area contributed by atoms with Crippen molar-refractivity contribution in [2.75, 3.05) is 86.2 Å². The summed E-state index contributed by atoms with van der Waals surface area (Å²) in [6.07, 6.45) is 0.0452. The number of nitrogens with one attached hydrogen (secondary N) is 2. The number of esters is 2. The summed E-state index contributed by atoms with van der Waals surface area (Å²) in [6.45, 7) is 4.49. The van der Waals surface area contributed by atoms with Crippen LogP contribution in [0.25, 0.3) is 5.57 Å². The minimum Gasteiger partial charge on any atom is -0.508 e. The zero-order valence-corrected chi connectivity index (χ0v) is 42.8. The number of rotatable bonds is 21. The first kappa shape index (κ1) is 51.4. The van der Waals surface area contributed by atoms with Crippen LogP contribution in [0.3, 0.4) is 0 Å². The van der Waals surface area contributed by atoms with Gasteiger partial charge < -0.3 is 77.7 Å².